The number of halogens is 3. The van der Waals surface area contributed by atoms with Crippen molar-refractivity contribution in [3.63, 3.8) is 0 Å². The Kier molecular flexibility index (Phi) is 26.4. The van der Waals surface area contributed by atoms with Crippen molar-refractivity contribution in [1.29, 1.82) is 0 Å². The van der Waals surface area contributed by atoms with Gasteiger partial charge in [-0.2, -0.15) is 30.6 Å². The molecule has 12 rings (SSSR count). The number of hydrogen-bond acceptors (Lipinski definition) is 27. The number of hydrogen-bond donors (Lipinski definition) is 6. The molecule has 6 N–H and O–H groups in total. The Bertz CT molecular complexity index is 5250. The minimum Gasteiger partial charge on any atom is -0.477 e. The molecule has 0 bridgehead atoms. The minimum absolute atomic E-state index is 0.00685. The molecule has 0 amide bonds. The molecule has 36 nitrogen and oxygen atoms in total. The molecule has 107 heavy (non-hydrogen) atoms. The van der Waals surface area contributed by atoms with E-state index >= 15 is 0 Å². The van der Waals surface area contributed by atoms with Crippen molar-refractivity contribution in [2.45, 2.75) is 76.2 Å². The molecule has 0 saturated heterocycles. The predicted molar refractivity (Wildman–Crippen MR) is 373 cm³/mol. The third-order valence-electron chi connectivity index (χ3n) is 16.0. The van der Waals surface area contributed by atoms with E-state index < -0.39 is 66.7 Å². The fourth-order valence-corrected chi connectivity index (χ4v) is 10.4. The van der Waals surface area contributed by atoms with Gasteiger partial charge in [-0.15, -0.1) is 0 Å². The van der Waals surface area contributed by atoms with Crippen molar-refractivity contribution in [2.75, 3.05) is 19.8 Å². The minimum atomic E-state index is -1.18. The summed E-state index contributed by atoms with van der Waals surface area (Å²) in [4.78, 5) is 117. The van der Waals surface area contributed by atoms with Gasteiger partial charge in [-0.1, -0.05) is 0 Å². The molecule has 0 aromatic carbocycles. The molecule has 39 heteroatoms. The first-order valence-corrected chi connectivity index (χ1v) is 31.6. The highest BCUT2D eigenvalue weighted by Gasteiger charge is 2.27. The number of carboxylic acids is 3. The highest BCUT2D eigenvalue weighted by Crippen LogP contribution is 2.31. The monoisotopic (exact) mass is 1470 g/mol. The van der Waals surface area contributed by atoms with Crippen LogP contribution in [-0.2, 0) is 42.3 Å². The van der Waals surface area contributed by atoms with Crippen molar-refractivity contribution in [1.82, 2.24) is 118 Å². The van der Waals surface area contributed by atoms with E-state index in [1.165, 1.54) is 81.0 Å². The molecule has 0 fully saturated rings. The summed E-state index contributed by atoms with van der Waals surface area (Å²) in [7, 11) is 9.41. The molecule has 0 aliphatic rings. The lowest BCUT2D eigenvalue weighted by atomic mass is 10.0. The van der Waals surface area contributed by atoms with Crippen LogP contribution in [0.4, 0.5) is 13.2 Å². The first-order chi connectivity index (χ1) is 50.5. The predicted octanol–water partition coefficient (Wildman–Crippen LogP) is 5.69. The second-order valence-corrected chi connectivity index (χ2v) is 23.3. The van der Waals surface area contributed by atoms with Gasteiger partial charge in [0.1, 0.15) is 89.9 Å². The summed E-state index contributed by atoms with van der Waals surface area (Å²) in [6.45, 7) is 17.7. The summed E-state index contributed by atoms with van der Waals surface area (Å²) in [5.74, 6) is -4.57. The SMILES string of the molecule is Cc1nc(C)c(C)c(-c2cnn(C)c2C(=O)CO)n1.Cc1nc(C)c(C)c(-c2cnn(C)c2C(=O)O)n1.Cc1ncc(F)c(-c2cnn(C)c2C(=O)CO)n1.Cc1ncc(F)c(-c2cnn(C)c2C(=O)O)n1.Cc1ncnc(-c2cnn(C)c2C(=O)CO)c1F.Cc1ncnc(-c2cnn(C)c2C(=O)O)c1C. The lowest BCUT2D eigenvalue weighted by Crippen LogP contribution is -2.12. The fourth-order valence-electron chi connectivity index (χ4n) is 10.4. The van der Waals surface area contributed by atoms with Crippen molar-refractivity contribution in [3.8, 4) is 67.5 Å². The fraction of sp³-hybridized carbons (Fsp3) is 0.294. The molecule has 0 saturated carbocycles. The number of rotatable bonds is 15. The Morgan fingerprint density at radius 2 is 0.570 bits per heavy atom. The van der Waals surface area contributed by atoms with Crippen molar-refractivity contribution in [2.24, 2.45) is 42.3 Å². The summed E-state index contributed by atoms with van der Waals surface area (Å²) in [6, 6.07) is 0. The summed E-state index contributed by atoms with van der Waals surface area (Å²) in [6.07, 6.45) is 13.3. The van der Waals surface area contributed by atoms with Crippen LogP contribution in [0.15, 0.2) is 62.2 Å². The summed E-state index contributed by atoms with van der Waals surface area (Å²) in [5.41, 5.74) is 10.3. The molecule has 0 radical (unpaired) electrons. The Labute approximate surface area is 606 Å². The number of aromatic nitrogens is 24. The van der Waals surface area contributed by atoms with Crippen molar-refractivity contribution < 1.29 is 72.6 Å². The number of carboxylic acid groups (broad SMARTS) is 3. The van der Waals surface area contributed by atoms with E-state index in [4.69, 9.17) is 25.5 Å². The number of carbonyl (C=O) groups excluding carboxylic acids is 3. The number of aryl methyl sites for hydroxylation is 14. The molecule has 12 heterocycles. The van der Waals surface area contributed by atoms with E-state index in [1.54, 1.807) is 69.1 Å². The lowest BCUT2D eigenvalue weighted by molar-refractivity contribution is 0.0675. The van der Waals surface area contributed by atoms with Gasteiger partial charge in [0.2, 0.25) is 17.3 Å². The molecule has 0 aliphatic carbocycles. The molecule has 0 spiro atoms. The molecule has 0 aliphatic heterocycles. The van der Waals surface area contributed by atoms with Crippen LogP contribution >= 0.6 is 0 Å². The number of Topliss-reactive ketones (excluding diaryl/α,β-unsaturated/α-hetero) is 3. The smallest absolute Gasteiger partial charge is 0.354 e. The van der Waals surface area contributed by atoms with Crippen LogP contribution in [0.5, 0.6) is 0 Å². The highest BCUT2D eigenvalue weighted by atomic mass is 19.1. The topological polar surface area (TPSA) is 485 Å². The van der Waals surface area contributed by atoms with Crippen LogP contribution in [0.1, 0.15) is 126 Å². The van der Waals surface area contributed by atoms with Gasteiger partial charge in [-0.3, -0.25) is 42.5 Å². The zero-order valence-corrected chi connectivity index (χ0v) is 60.9. The average molecular weight is 1480 g/mol. The van der Waals surface area contributed by atoms with E-state index in [0.29, 0.717) is 62.8 Å². The van der Waals surface area contributed by atoms with Gasteiger partial charge in [0.05, 0.1) is 100 Å². The summed E-state index contributed by atoms with van der Waals surface area (Å²) in [5, 5.41) is 77.9. The lowest BCUT2D eigenvalue weighted by Gasteiger charge is -2.09. The van der Waals surface area contributed by atoms with Crippen LogP contribution in [0.25, 0.3) is 67.5 Å². The Morgan fingerprint density at radius 1 is 0.308 bits per heavy atom. The molecule has 558 valence electrons. The van der Waals surface area contributed by atoms with E-state index in [1.807, 2.05) is 41.5 Å². The Hall–Kier alpha value is -13.2. The summed E-state index contributed by atoms with van der Waals surface area (Å²) < 4.78 is 49.0. The molecule has 0 unspecified atom stereocenters. The van der Waals surface area contributed by atoms with Gasteiger partial charge in [0.15, 0.2) is 34.5 Å². The number of carbonyl (C=O) groups is 6. The maximum absolute atomic E-state index is 13.9. The second kappa shape index (κ2) is 34.9. The van der Waals surface area contributed by atoms with Crippen molar-refractivity contribution in [3.05, 3.63) is 177 Å². The number of nitrogens with zero attached hydrogens (tertiary/aromatic N) is 24. The first-order valence-electron chi connectivity index (χ1n) is 31.6. The van der Waals surface area contributed by atoms with Gasteiger partial charge >= 0.3 is 17.9 Å². The second-order valence-electron chi connectivity index (χ2n) is 23.3. The first kappa shape index (κ1) is 81.1. The molecule has 0 atom stereocenters. The number of aliphatic hydroxyl groups excluding tert-OH is 3. The average Bonchev–Trinajstić information content (AvgIpc) is 1.61. The van der Waals surface area contributed by atoms with E-state index in [9.17, 15) is 47.0 Å². The number of aromatic carboxylic acids is 3. The highest BCUT2D eigenvalue weighted by molar-refractivity contribution is 6.03. The maximum atomic E-state index is 13.9. The zero-order chi connectivity index (χ0) is 79.3. The molecule has 12 aromatic rings. The van der Waals surface area contributed by atoms with Crippen LogP contribution < -0.4 is 0 Å². The van der Waals surface area contributed by atoms with E-state index in [0.717, 1.165) is 50.8 Å². The van der Waals surface area contributed by atoms with Gasteiger partial charge < -0.3 is 30.6 Å². The quantitative estimate of drug-likeness (QED) is 0.0671. The Balaban J connectivity index is 0.000000179. The molecular weight excluding hydrogens is 1400 g/mol. The van der Waals surface area contributed by atoms with Crippen LogP contribution in [-0.4, -0.2) is 204 Å². The van der Waals surface area contributed by atoms with Gasteiger partial charge in [-0.25, -0.2) is 87.4 Å². The third-order valence-corrected chi connectivity index (χ3v) is 16.0. The number of ketones is 3. The van der Waals surface area contributed by atoms with E-state index in [-0.39, 0.29) is 73.7 Å². The largest absolute Gasteiger partial charge is 0.477 e. The van der Waals surface area contributed by atoms with Gasteiger partial charge in [-0.05, 0) is 92.9 Å². The van der Waals surface area contributed by atoms with Crippen molar-refractivity contribution >= 4 is 35.3 Å². The van der Waals surface area contributed by atoms with Gasteiger partial charge in [0.25, 0.3) is 0 Å². The Morgan fingerprint density at radius 3 is 0.907 bits per heavy atom. The molecular formula is C68H73F3N24O12. The van der Waals surface area contributed by atoms with Crippen LogP contribution in [0.2, 0.25) is 0 Å². The van der Waals surface area contributed by atoms with Crippen LogP contribution in [0.3, 0.4) is 0 Å². The summed E-state index contributed by atoms with van der Waals surface area (Å²) >= 11 is 0. The standard InChI is InChI=1S/C13H16N4O2.C12H14N4O2.2C11H11FN4O2.C11H12N4O2.C10H9FN4O2/c1-7-8(2)15-9(3)16-12(7)10-5-14-17(4)13(10)11(19)6-18;1-6-7(2)14-8(3)15-10(6)9-5-13-16(4)11(9)12(17)18;1-6-9(12)10(14-5-13-6)7-3-15-16(2)11(7)8(18)4-17;1-6-13-4-8(12)10(15-6)7-3-14-16(2)11(7)9(18)5-17;1-6-7(2)12-5-13-9(6)8-4-14-15(3)10(8)11(16)17;1-5-12-4-7(11)8(14-5)6-3-13-15(2)9(6)10(16)17/h5,18H,6H2,1-4H3;5H,1-4H3,(H,17,18);3,5,17H,4H2,1-2H3;3-4,17H,5H2,1-2H3;4-5H,1-3H3,(H,16,17);3-4H,1-2H3,(H,16,17). The third kappa shape index (κ3) is 18.3. The van der Waals surface area contributed by atoms with E-state index in [2.05, 4.69) is 90.4 Å². The molecule has 12 aromatic heterocycles. The van der Waals surface area contributed by atoms with Gasteiger partial charge in [0, 0.05) is 64.9 Å². The van der Waals surface area contributed by atoms with Crippen LogP contribution in [0, 0.1) is 93.6 Å². The maximum Gasteiger partial charge on any atom is 0.354 e. The normalized spacial score (nSPS) is 10.6. The number of aliphatic hydroxyl groups is 3. The zero-order valence-electron chi connectivity index (χ0n) is 60.9.